The Kier molecular flexibility index (Phi) is 8.14. The molecule has 0 radical (unpaired) electrons. The van der Waals surface area contributed by atoms with Gasteiger partial charge in [0, 0.05) is 12.8 Å². The number of hydrogen-bond donors (Lipinski definition) is 1. The van der Waals surface area contributed by atoms with Gasteiger partial charge in [0.2, 0.25) is 5.91 Å². The van der Waals surface area contributed by atoms with Crippen LogP contribution in [0.3, 0.4) is 0 Å². The maximum atomic E-state index is 14.5. The van der Waals surface area contributed by atoms with E-state index in [0.717, 1.165) is 31.4 Å². The molecule has 1 amide bonds. The van der Waals surface area contributed by atoms with Crippen molar-refractivity contribution in [2.24, 2.45) is 0 Å². The van der Waals surface area contributed by atoms with Gasteiger partial charge in [-0.1, -0.05) is 36.4 Å². The molecule has 0 spiro atoms. The van der Waals surface area contributed by atoms with Gasteiger partial charge in [-0.25, -0.2) is 8.78 Å². The quantitative estimate of drug-likeness (QED) is 0.320. The zero-order valence-corrected chi connectivity index (χ0v) is 19.3. The summed E-state index contributed by atoms with van der Waals surface area (Å²) in [5.74, 6) is -3.62. The second-order valence-electron chi connectivity index (χ2n) is 8.31. The Hall–Kier alpha value is -3.63. The maximum absolute atomic E-state index is 14.5. The van der Waals surface area contributed by atoms with Crippen LogP contribution in [0.4, 0.5) is 35.1 Å². The summed E-state index contributed by atoms with van der Waals surface area (Å²) in [5, 5.41) is 2.41. The fraction of sp³-hybridized carbons (Fsp3) is 0.269. The molecule has 0 unspecified atom stereocenters. The smallest absolute Gasteiger partial charge is 0.416 e. The van der Waals surface area contributed by atoms with E-state index < -0.39 is 59.4 Å². The molecule has 37 heavy (non-hydrogen) atoms. The van der Waals surface area contributed by atoms with Crippen molar-refractivity contribution < 1.29 is 44.7 Å². The molecule has 3 nitrogen and oxygen atoms in total. The van der Waals surface area contributed by atoms with E-state index in [2.05, 4.69) is 5.32 Å². The van der Waals surface area contributed by atoms with Crippen LogP contribution < -0.4 is 10.1 Å². The summed E-state index contributed by atoms with van der Waals surface area (Å²) in [6.45, 7) is 0. The van der Waals surface area contributed by atoms with Gasteiger partial charge in [-0.3, -0.25) is 4.79 Å². The second kappa shape index (κ2) is 10.8. The summed E-state index contributed by atoms with van der Waals surface area (Å²) >= 11 is 0. The molecular formula is C26H21F8NO2. The molecule has 0 aliphatic heterocycles. The number of benzene rings is 3. The molecule has 0 heterocycles. The third kappa shape index (κ3) is 6.99. The van der Waals surface area contributed by atoms with Crippen molar-refractivity contribution in [1.82, 2.24) is 5.32 Å². The number of carbonyl (C=O) groups excluding carboxylic acids is 1. The highest BCUT2D eigenvalue weighted by molar-refractivity contribution is 5.78. The minimum Gasteiger partial charge on any atom is -0.494 e. The molecule has 1 atom stereocenters. The predicted octanol–water partition coefficient (Wildman–Crippen LogP) is 6.94. The molecule has 0 bridgehead atoms. The molecule has 11 heteroatoms. The first-order valence-electron chi connectivity index (χ1n) is 10.9. The molecule has 198 valence electrons. The molecule has 3 rings (SSSR count). The number of carbonyl (C=O) groups is 1. The number of rotatable bonds is 8. The Morgan fingerprint density at radius 1 is 0.838 bits per heavy atom. The van der Waals surface area contributed by atoms with Crippen LogP contribution in [0.25, 0.3) is 0 Å². The van der Waals surface area contributed by atoms with Crippen molar-refractivity contribution >= 4 is 5.91 Å². The van der Waals surface area contributed by atoms with Crippen LogP contribution in [0.2, 0.25) is 0 Å². The number of halogens is 8. The van der Waals surface area contributed by atoms with Crippen LogP contribution in [0, 0.1) is 11.6 Å². The van der Waals surface area contributed by atoms with Crippen molar-refractivity contribution in [1.29, 1.82) is 0 Å². The SMILES string of the molecule is COc1cc([C@@](Cc2ccccc2)(NC(=O)CCC(F)(F)F)c2cc(F)cc(C(F)(F)F)c2)ccc1F. The molecule has 0 aliphatic rings. The normalized spacial score (nSPS) is 13.6. The van der Waals surface area contributed by atoms with Crippen molar-refractivity contribution in [3.05, 3.63) is 101 Å². The first kappa shape index (κ1) is 27.9. The van der Waals surface area contributed by atoms with Crippen LogP contribution in [0.15, 0.2) is 66.7 Å². The summed E-state index contributed by atoms with van der Waals surface area (Å²) < 4.78 is 113. The average molecular weight is 531 g/mol. The van der Waals surface area contributed by atoms with Gasteiger partial charge in [-0.05, 0) is 47.0 Å². The lowest BCUT2D eigenvalue weighted by Gasteiger charge is -2.37. The van der Waals surface area contributed by atoms with Crippen LogP contribution in [0.1, 0.15) is 35.1 Å². The van der Waals surface area contributed by atoms with E-state index in [9.17, 15) is 39.9 Å². The molecule has 3 aromatic rings. The Morgan fingerprint density at radius 2 is 1.49 bits per heavy atom. The number of ether oxygens (including phenoxy) is 1. The number of alkyl halides is 6. The molecule has 1 N–H and O–H groups in total. The Balaban J connectivity index is 2.30. The van der Waals surface area contributed by atoms with Gasteiger partial charge in [-0.2, -0.15) is 26.3 Å². The van der Waals surface area contributed by atoms with E-state index in [1.807, 2.05) is 0 Å². The van der Waals surface area contributed by atoms with Gasteiger partial charge in [-0.15, -0.1) is 0 Å². The largest absolute Gasteiger partial charge is 0.494 e. The minimum atomic E-state index is -4.98. The van der Waals surface area contributed by atoms with E-state index >= 15 is 0 Å². The highest BCUT2D eigenvalue weighted by Gasteiger charge is 2.41. The van der Waals surface area contributed by atoms with Gasteiger partial charge in [0.25, 0.3) is 0 Å². The summed E-state index contributed by atoms with van der Waals surface area (Å²) in [6.07, 6.45) is -12.5. The topological polar surface area (TPSA) is 38.3 Å². The third-order valence-electron chi connectivity index (χ3n) is 5.66. The van der Waals surface area contributed by atoms with Gasteiger partial charge in [0.15, 0.2) is 11.6 Å². The molecule has 3 aromatic carbocycles. The van der Waals surface area contributed by atoms with Crippen LogP contribution in [0.5, 0.6) is 5.75 Å². The highest BCUT2D eigenvalue weighted by Crippen LogP contribution is 2.40. The van der Waals surface area contributed by atoms with Crippen molar-refractivity contribution in [2.75, 3.05) is 7.11 Å². The van der Waals surface area contributed by atoms with Crippen molar-refractivity contribution in [3.63, 3.8) is 0 Å². The van der Waals surface area contributed by atoms with Crippen molar-refractivity contribution in [3.8, 4) is 5.75 Å². The van der Waals surface area contributed by atoms with E-state index in [1.54, 1.807) is 30.3 Å². The third-order valence-corrected chi connectivity index (χ3v) is 5.66. The lowest BCUT2D eigenvalue weighted by atomic mass is 9.77. The molecule has 0 saturated carbocycles. The molecule has 0 saturated heterocycles. The zero-order chi connectivity index (χ0) is 27.4. The number of hydrogen-bond acceptors (Lipinski definition) is 2. The fourth-order valence-electron chi connectivity index (χ4n) is 3.94. The van der Waals surface area contributed by atoms with Crippen LogP contribution in [-0.4, -0.2) is 19.2 Å². The van der Waals surface area contributed by atoms with Crippen LogP contribution in [-0.2, 0) is 22.9 Å². The molecular weight excluding hydrogens is 510 g/mol. The minimum absolute atomic E-state index is 0.0336. The van der Waals surface area contributed by atoms with E-state index in [-0.39, 0.29) is 23.8 Å². The predicted molar refractivity (Wildman–Crippen MR) is 119 cm³/mol. The lowest BCUT2D eigenvalue weighted by Crippen LogP contribution is -2.49. The molecule has 0 fully saturated rings. The van der Waals surface area contributed by atoms with E-state index in [1.165, 1.54) is 0 Å². The Morgan fingerprint density at radius 3 is 2.08 bits per heavy atom. The van der Waals surface area contributed by atoms with E-state index in [0.29, 0.717) is 11.6 Å². The van der Waals surface area contributed by atoms with E-state index in [4.69, 9.17) is 4.74 Å². The number of methoxy groups -OCH3 is 1. The summed E-state index contributed by atoms with van der Waals surface area (Å²) in [4.78, 5) is 12.8. The molecule has 0 aromatic heterocycles. The fourth-order valence-corrected chi connectivity index (χ4v) is 3.94. The van der Waals surface area contributed by atoms with Gasteiger partial charge in [0.1, 0.15) is 5.82 Å². The highest BCUT2D eigenvalue weighted by atomic mass is 19.4. The summed E-state index contributed by atoms with van der Waals surface area (Å²) in [7, 11) is 1.13. The average Bonchev–Trinajstić information content (AvgIpc) is 2.82. The maximum Gasteiger partial charge on any atom is 0.416 e. The number of nitrogens with one attached hydrogen (secondary N) is 1. The number of amides is 1. The first-order chi connectivity index (χ1) is 17.2. The van der Waals surface area contributed by atoms with Gasteiger partial charge < -0.3 is 10.1 Å². The Bertz CT molecular complexity index is 1240. The summed E-state index contributed by atoms with van der Waals surface area (Å²) in [6, 6.07) is 12.8. The standard InChI is InChI=1S/C26H21F8NO2/c1-37-22-14-17(7-8-21(22)28)24(15-16-5-3-2-4-6-16,35-23(36)9-10-25(29,30)31)18-11-19(26(32,33)34)13-20(27)12-18/h2-8,11-14H,9-10,15H2,1H3,(H,35,36)/t24-/m1/s1. The molecule has 0 aliphatic carbocycles. The zero-order valence-electron chi connectivity index (χ0n) is 19.3. The lowest BCUT2D eigenvalue weighted by molar-refractivity contribution is -0.144. The van der Waals surface area contributed by atoms with Crippen molar-refractivity contribution in [2.45, 2.75) is 37.2 Å². The van der Waals surface area contributed by atoms with Gasteiger partial charge in [0.05, 0.1) is 24.6 Å². The Labute approximate surface area is 207 Å². The monoisotopic (exact) mass is 531 g/mol. The summed E-state index contributed by atoms with van der Waals surface area (Å²) in [5.41, 5.74) is -3.41. The van der Waals surface area contributed by atoms with Gasteiger partial charge >= 0.3 is 12.4 Å². The first-order valence-corrected chi connectivity index (χ1v) is 10.9. The van der Waals surface area contributed by atoms with Crippen LogP contribution >= 0.6 is 0 Å². The second-order valence-corrected chi connectivity index (χ2v) is 8.31.